The molecule has 0 amide bonds. The largest absolute Gasteiger partial charge is 0.456 e. The number of ether oxygens (including phenoxy) is 9. The van der Waals surface area contributed by atoms with E-state index in [1.54, 1.807) is 0 Å². The zero-order valence-electron chi connectivity index (χ0n) is 60.4. The van der Waals surface area contributed by atoms with Gasteiger partial charge in [0.05, 0.1) is 85.0 Å². The van der Waals surface area contributed by atoms with Crippen LogP contribution in [0, 0.1) is 29.7 Å². The number of quaternary nitrogens is 6. The summed E-state index contributed by atoms with van der Waals surface area (Å²) in [5, 5.41) is 19.2. The van der Waals surface area contributed by atoms with Crippen LogP contribution in [0.3, 0.4) is 0 Å². The van der Waals surface area contributed by atoms with Crippen molar-refractivity contribution in [2.75, 3.05) is 231 Å². The van der Waals surface area contributed by atoms with E-state index < -0.39 is 0 Å². The molecule has 0 spiro atoms. The van der Waals surface area contributed by atoms with E-state index in [2.05, 4.69) is 78.5 Å². The van der Waals surface area contributed by atoms with Crippen molar-refractivity contribution in [2.24, 2.45) is 0 Å². The van der Waals surface area contributed by atoms with E-state index in [0.29, 0.717) is 121 Å². The van der Waals surface area contributed by atoms with Crippen LogP contribution in [0.15, 0.2) is 0 Å². The Bertz CT molecular complexity index is 1750. The monoisotopic (exact) mass is 1330 g/mol. The van der Waals surface area contributed by atoms with Crippen molar-refractivity contribution in [1.29, 1.82) is 0 Å². The molecule has 0 bridgehead atoms. The molecule has 0 aliphatic carbocycles. The zero-order chi connectivity index (χ0) is 64.6. The summed E-state index contributed by atoms with van der Waals surface area (Å²) >= 11 is 0. The van der Waals surface area contributed by atoms with Gasteiger partial charge in [-0.2, -0.15) is 0 Å². The van der Waals surface area contributed by atoms with Crippen molar-refractivity contribution in [3.8, 4) is 0 Å². The minimum atomic E-state index is -0.177. The number of carbonyl (C=O) groups excluding carboxylic acids is 6. The first-order chi connectivity index (χ1) is 40.6. The highest BCUT2D eigenvalue weighted by molar-refractivity contribution is 5.72. The van der Waals surface area contributed by atoms with Gasteiger partial charge in [-0.1, -0.05) is 63.3 Å². The van der Waals surface area contributed by atoms with Crippen molar-refractivity contribution in [1.82, 2.24) is 16.0 Å². The average Bonchev–Trinajstić information content (AvgIpc) is 1.06. The molecular weight excluding hydrogens is 1190 g/mol. The molecule has 6 fully saturated rings. The van der Waals surface area contributed by atoms with Crippen LogP contribution in [-0.2, 0) is 71.4 Å². The number of aliphatic hydroxyl groups excluding tert-OH is 1. The van der Waals surface area contributed by atoms with Crippen LogP contribution < -0.4 is 25.8 Å². The molecule has 6 aliphatic heterocycles. The lowest BCUT2D eigenvalue weighted by Crippen LogP contribution is -3.15. The maximum Gasteiger partial charge on any atom is 0.362 e. The van der Waals surface area contributed by atoms with Gasteiger partial charge in [0.25, 0.3) is 0 Å². The molecule has 552 valence electrons. The third-order valence-corrected chi connectivity index (χ3v) is 15.3. The van der Waals surface area contributed by atoms with Crippen LogP contribution in [-0.4, -0.2) is 326 Å². The van der Waals surface area contributed by atoms with Crippen LogP contribution >= 0.6 is 0 Å². The topological polar surface area (TPSA) is 251 Å². The standard InChI is InChI=1S/C12H25N2O2.C11H22NO4.C10H21N2O2.C10H20NO3.C9H18N2O2.C9H17NO3.2CH4.4CH3/c1-4-6-14(7-5-13-11(2)3)8-9-16-12(15)10-14;1-10(2)15-7-4-12(3-6-13)5-8-16-11(14)9-12;1-9(2)11-4-5-12(3)6-7-14-10(13)8-12;1-9(2)13-6-4-11(3)5-7-14-10(12)8-11;1-8(2)10-3-4-11-5-6-13-9(12)7-11;1-8(2)12-5-3-10-4-6-13-9(11)7-10;;;;;;/h11,13H,4-10H2,1-3H3;10,13H,3-9H2,1-2H3;9,11H,4-8H2,1-3H3;9H,4-8H2,1-3H3;8,10H,3-7H2,1-2H3;8H,3-7H2,1-2H3;2*1H4;4*1H3/q4*+1;;;;;4*-1/p+2. The van der Waals surface area contributed by atoms with Crippen LogP contribution in [0.2, 0.25) is 0 Å². The number of nitrogens with zero attached hydrogens (tertiary/aromatic N) is 4. The summed E-state index contributed by atoms with van der Waals surface area (Å²) in [5.74, 6) is -0.531. The Morgan fingerprint density at radius 3 is 1.15 bits per heavy atom. The second-order valence-electron chi connectivity index (χ2n) is 25.8. The van der Waals surface area contributed by atoms with Gasteiger partial charge in [0.1, 0.15) is 105 Å². The Labute approximate surface area is 562 Å². The summed E-state index contributed by atoms with van der Waals surface area (Å²) in [6.07, 6.45) is 1.86. The Balaban J connectivity index is -0.000000238. The molecule has 6 N–H and O–H groups in total. The molecule has 25 nitrogen and oxygen atoms in total. The predicted octanol–water partition coefficient (Wildman–Crippen LogP) is 1.30. The fraction of sp³-hybridized carbons (Fsp3) is 0.851. The van der Waals surface area contributed by atoms with Crippen molar-refractivity contribution >= 4 is 35.8 Å². The Morgan fingerprint density at radius 2 is 0.772 bits per heavy atom. The first-order valence-electron chi connectivity index (χ1n) is 32.2. The molecule has 0 saturated carbocycles. The fourth-order valence-electron chi connectivity index (χ4n) is 10.1. The molecule has 0 radical (unpaired) electrons. The molecule has 0 aromatic heterocycles. The van der Waals surface area contributed by atoms with Crippen molar-refractivity contribution in [3.05, 3.63) is 29.7 Å². The van der Waals surface area contributed by atoms with Gasteiger partial charge < -0.3 is 121 Å². The molecule has 0 aromatic carbocycles. The quantitative estimate of drug-likeness (QED) is 0.0280. The van der Waals surface area contributed by atoms with E-state index in [9.17, 15) is 28.8 Å². The molecule has 6 heterocycles. The molecule has 6 rings (SSSR count). The highest BCUT2D eigenvalue weighted by atomic mass is 16.6. The lowest BCUT2D eigenvalue weighted by Gasteiger charge is -2.40. The molecule has 6 atom stereocenters. The Kier molecular flexibility index (Phi) is 59.9. The van der Waals surface area contributed by atoms with Crippen molar-refractivity contribution in [2.45, 2.75) is 148 Å². The van der Waals surface area contributed by atoms with Gasteiger partial charge in [0, 0.05) is 37.8 Å². The summed E-state index contributed by atoms with van der Waals surface area (Å²) in [5.41, 5.74) is 0. The first-order valence-corrected chi connectivity index (χ1v) is 32.2. The molecule has 6 unspecified atom stereocenters. The molecule has 6 aliphatic rings. The van der Waals surface area contributed by atoms with E-state index >= 15 is 0 Å². The van der Waals surface area contributed by atoms with Crippen LogP contribution in [0.5, 0.6) is 0 Å². The highest BCUT2D eigenvalue weighted by Gasteiger charge is 2.37. The number of carbonyl (C=O) groups is 6. The number of likely N-dealkylation sites (N-methyl/N-ethyl adjacent to an activating group) is 2. The second kappa shape index (κ2) is 55.4. The zero-order valence-corrected chi connectivity index (χ0v) is 60.4. The van der Waals surface area contributed by atoms with E-state index in [4.69, 9.17) is 47.7 Å². The van der Waals surface area contributed by atoms with Crippen LogP contribution in [0.4, 0.5) is 0 Å². The number of hydrogen-bond acceptors (Lipinski definition) is 19. The smallest absolute Gasteiger partial charge is 0.362 e. The van der Waals surface area contributed by atoms with Gasteiger partial charge in [-0.05, 0) is 48.0 Å². The molecular formula is C67H145N9O16+2. The van der Waals surface area contributed by atoms with Gasteiger partial charge in [-0.3, -0.25) is 0 Å². The highest BCUT2D eigenvalue weighted by Crippen LogP contribution is 2.14. The maximum absolute atomic E-state index is 11.4. The number of esters is 6. The minimum Gasteiger partial charge on any atom is -0.456 e. The number of aliphatic hydroxyl groups is 1. The second-order valence-corrected chi connectivity index (χ2v) is 25.8. The van der Waals surface area contributed by atoms with Gasteiger partial charge in [0.2, 0.25) is 0 Å². The van der Waals surface area contributed by atoms with E-state index in [1.165, 1.54) is 9.80 Å². The lowest BCUT2D eigenvalue weighted by molar-refractivity contribution is -0.926. The first kappa shape index (κ1) is 99.4. The summed E-state index contributed by atoms with van der Waals surface area (Å²) in [7, 11) is 4.19. The predicted molar refractivity (Wildman–Crippen MR) is 367 cm³/mol. The number of cyclic esters (lactones) is 6. The number of hydrogen-bond donors (Lipinski definition) is 6. The Morgan fingerprint density at radius 1 is 0.424 bits per heavy atom. The van der Waals surface area contributed by atoms with Crippen molar-refractivity contribution < 1.29 is 104 Å². The third kappa shape index (κ3) is 49.8. The van der Waals surface area contributed by atoms with Crippen molar-refractivity contribution in [3.63, 3.8) is 0 Å². The summed E-state index contributed by atoms with van der Waals surface area (Å²) in [6.45, 7) is 50.9. The van der Waals surface area contributed by atoms with Crippen LogP contribution in [0.1, 0.15) is 111 Å². The van der Waals surface area contributed by atoms with Gasteiger partial charge in [0.15, 0.2) is 39.3 Å². The Hall–Kier alpha value is -3.70. The van der Waals surface area contributed by atoms with Gasteiger partial charge in [-0.25, -0.2) is 28.8 Å². The summed E-state index contributed by atoms with van der Waals surface area (Å²) < 4.78 is 48.9. The molecule has 6 saturated heterocycles. The van der Waals surface area contributed by atoms with E-state index in [1.807, 2.05) is 41.5 Å². The normalized spacial score (nSPS) is 24.1. The van der Waals surface area contributed by atoms with E-state index in [-0.39, 0.29) is 105 Å². The maximum atomic E-state index is 11.4. The van der Waals surface area contributed by atoms with Gasteiger partial charge in [-0.15, -0.1) is 0 Å². The molecule has 92 heavy (non-hydrogen) atoms. The summed E-state index contributed by atoms with van der Waals surface area (Å²) in [4.78, 5) is 69.3. The number of nitrogens with one attached hydrogen (secondary N) is 5. The molecule has 0 aromatic rings. The summed E-state index contributed by atoms with van der Waals surface area (Å²) in [6, 6.07) is 1.55. The van der Waals surface area contributed by atoms with E-state index in [0.717, 1.165) is 131 Å². The SMILES string of the molecule is C.C.CC(C)NCC[N+]1(C)CCOC(=O)C1.CC(C)NCC[NH+]1CCOC(=O)C1.CC(C)OCC[N+]1(C)CCOC(=O)C1.CC(C)OCC[N+]1(CCO)CCOC(=O)C1.CC(C)OCC[NH+]1CCOC(=O)C1.CCC[N+]1(CCNC(C)C)CCOC(=O)C1.[CH3-].[CH3-].[CH3-].[CH3-]. The van der Waals surface area contributed by atoms with Gasteiger partial charge >= 0.3 is 35.8 Å². The number of rotatable bonds is 28. The third-order valence-electron chi connectivity index (χ3n) is 15.3. The lowest BCUT2D eigenvalue weighted by atomic mass is 10.2. The number of morpholine rings is 6. The minimum absolute atomic E-state index is 0. The average molecular weight is 1330 g/mol. The molecule has 25 heteroatoms. The van der Waals surface area contributed by atoms with Crippen LogP contribution in [0.25, 0.3) is 0 Å². The fourth-order valence-corrected chi connectivity index (χ4v) is 10.1.